The zero-order valence-corrected chi connectivity index (χ0v) is 13.8. The summed E-state index contributed by atoms with van der Waals surface area (Å²) in [6.45, 7) is 3.88. The van der Waals surface area contributed by atoms with Gasteiger partial charge in [0.15, 0.2) is 11.5 Å². The summed E-state index contributed by atoms with van der Waals surface area (Å²) in [5, 5.41) is 10.1. The van der Waals surface area contributed by atoms with Crippen LogP contribution < -0.4 is 14.2 Å². The number of para-hydroxylation sites is 1. The first-order valence-corrected chi connectivity index (χ1v) is 7.06. The van der Waals surface area contributed by atoms with Crippen molar-refractivity contribution in [1.82, 2.24) is 4.90 Å². The Bertz CT molecular complexity index is 418. The van der Waals surface area contributed by atoms with Crippen molar-refractivity contribution in [3.05, 3.63) is 18.2 Å². The number of aliphatic hydroxyl groups excluding tert-OH is 1. The molecule has 1 saturated heterocycles. The zero-order chi connectivity index (χ0) is 15.1. The number of hydrogen-bond donors (Lipinski definition) is 1. The van der Waals surface area contributed by atoms with E-state index in [0.717, 1.165) is 13.1 Å². The van der Waals surface area contributed by atoms with Gasteiger partial charge in [-0.3, -0.25) is 4.90 Å². The topological polar surface area (TPSA) is 60.4 Å². The van der Waals surface area contributed by atoms with Crippen molar-refractivity contribution in [3.63, 3.8) is 0 Å². The Hall–Kier alpha value is -1.21. The van der Waals surface area contributed by atoms with E-state index in [9.17, 15) is 5.11 Å². The van der Waals surface area contributed by atoms with Gasteiger partial charge >= 0.3 is 0 Å². The molecule has 1 heterocycles. The first-order valence-electron chi connectivity index (χ1n) is 7.06. The van der Waals surface area contributed by atoms with Gasteiger partial charge < -0.3 is 24.1 Å². The van der Waals surface area contributed by atoms with Gasteiger partial charge in [-0.1, -0.05) is 6.07 Å². The number of halogens is 1. The van der Waals surface area contributed by atoms with Gasteiger partial charge in [0.2, 0.25) is 5.75 Å². The molecule has 1 aliphatic heterocycles. The summed E-state index contributed by atoms with van der Waals surface area (Å²) in [4.78, 5) is 2.16. The van der Waals surface area contributed by atoms with Gasteiger partial charge in [0.1, 0.15) is 12.7 Å². The van der Waals surface area contributed by atoms with Gasteiger partial charge in [-0.2, -0.15) is 0 Å². The minimum Gasteiger partial charge on any atom is -0.493 e. The van der Waals surface area contributed by atoms with E-state index >= 15 is 0 Å². The Morgan fingerprint density at radius 3 is 2.32 bits per heavy atom. The highest BCUT2D eigenvalue weighted by Crippen LogP contribution is 2.36. The Balaban J connectivity index is 0.00000242. The standard InChI is InChI=1S/C15H23NO5.ClH/c1-18-13-4-3-5-14(19-2)15(13)21-11-12(17)10-16-6-8-20-9-7-16;/h3-5,12,17H,6-11H2,1-2H3;1H. The maximum atomic E-state index is 10.1. The molecule has 2 rings (SSSR count). The van der Waals surface area contributed by atoms with E-state index in [1.807, 2.05) is 6.07 Å². The summed E-state index contributed by atoms with van der Waals surface area (Å²) in [6.07, 6.45) is -0.572. The second-order valence-electron chi connectivity index (χ2n) is 4.87. The molecule has 1 aliphatic rings. The van der Waals surface area contributed by atoms with Crippen LogP contribution in [0, 0.1) is 0 Å². The molecule has 0 bridgehead atoms. The number of aliphatic hydroxyl groups is 1. The predicted molar refractivity (Wildman–Crippen MR) is 85.6 cm³/mol. The summed E-state index contributed by atoms with van der Waals surface area (Å²) in [5.74, 6) is 1.70. The first kappa shape index (κ1) is 18.8. The lowest BCUT2D eigenvalue weighted by Gasteiger charge is -2.28. The molecular weight excluding hydrogens is 310 g/mol. The van der Waals surface area contributed by atoms with E-state index < -0.39 is 6.10 Å². The van der Waals surface area contributed by atoms with Crippen molar-refractivity contribution in [2.45, 2.75) is 6.10 Å². The van der Waals surface area contributed by atoms with Crippen LogP contribution in [-0.4, -0.2) is 69.8 Å². The zero-order valence-electron chi connectivity index (χ0n) is 13.0. The van der Waals surface area contributed by atoms with Gasteiger partial charge in [0, 0.05) is 19.6 Å². The van der Waals surface area contributed by atoms with E-state index in [4.69, 9.17) is 18.9 Å². The van der Waals surface area contributed by atoms with Crippen molar-refractivity contribution in [2.75, 3.05) is 53.7 Å². The lowest BCUT2D eigenvalue weighted by atomic mass is 10.3. The fourth-order valence-corrected chi connectivity index (χ4v) is 2.27. The average molecular weight is 334 g/mol. The van der Waals surface area contributed by atoms with Crippen LogP contribution in [0.3, 0.4) is 0 Å². The summed E-state index contributed by atoms with van der Waals surface area (Å²) in [5.41, 5.74) is 0. The van der Waals surface area contributed by atoms with Crippen molar-refractivity contribution in [3.8, 4) is 17.2 Å². The second kappa shape index (κ2) is 9.74. The van der Waals surface area contributed by atoms with Gasteiger partial charge in [-0.15, -0.1) is 12.4 Å². The lowest BCUT2D eigenvalue weighted by molar-refractivity contribution is 0.00424. The van der Waals surface area contributed by atoms with Crippen LogP contribution in [0.25, 0.3) is 0 Å². The average Bonchev–Trinajstić information content (AvgIpc) is 2.53. The normalized spacial score (nSPS) is 16.5. The number of ether oxygens (including phenoxy) is 4. The third-order valence-electron chi connectivity index (χ3n) is 3.38. The van der Waals surface area contributed by atoms with Crippen LogP contribution in [0.2, 0.25) is 0 Å². The Kier molecular flexibility index (Phi) is 8.34. The number of nitrogens with zero attached hydrogens (tertiary/aromatic N) is 1. The van der Waals surface area contributed by atoms with Crippen LogP contribution >= 0.6 is 12.4 Å². The Morgan fingerprint density at radius 1 is 1.18 bits per heavy atom. The molecule has 0 aromatic heterocycles. The highest BCUT2D eigenvalue weighted by molar-refractivity contribution is 5.85. The van der Waals surface area contributed by atoms with Crippen LogP contribution in [0.1, 0.15) is 0 Å². The third-order valence-corrected chi connectivity index (χ3v) is 3.38. The van der Waals surface area contributed by atoms with Gasteiger partial charge in [-0.05, 0) is 12.1 Å². The molecule has 0 amide bonds. The molecule has 0 saturated carbocycles. The van der Waals surface area contributed by atoms with Gasteiger partial charge in [0.25, 0.3) is 0 Å². The molecule has 7 heteroatoms. The van der Waals surface area contributed by atoms with Gasteiger partial charge in [0.05, 0.1) is 27.4 Å². The fourth-order valence-electron chi connectivity index (χ4n) is 2.27. The number of hydrogen-bond acceptors (Lipinski definition) is 6. The number of methoxy groups -OCH3 is 2. The monoisotopic (exact) mass is 333 g/mol. The summed E-state index contributed by atoms with van der Waals surface area (Å²) >= 11 is 0. The molecule has 1 fully saturated rings. The molecule has 6 nitrogen and oxygen atoms in total. The minimum atomic E-state index is -0.572. The fraction of sp³-hybridized carbons (Fsp3) is 0.600. The largest absolute Gasteiger partial charge is 0.493 e. The van der Waals surface area contributed by atoms with Crippen molar-refractivity contribution < 1.29 is 24.1 Å². The maximum absolute atomic E-state index is 10.1. The summed E-state index contributed by atoms with van der Waals surface area (Å²) in [6, 6.07) is 5.42. The van der Waals surface area contributed by atoms with Crippen molar-refractivity contribution in [1.29, 1.82) is 0 Å². The lowest BCUT2D eigenvalue weighted by Crippen LogP contribution is -2.42. The number of morpholine rings is 1. The first-order chi connectivity index (χ1) is 10.2. The highest BCUT2D eigenvalue weighted by atomic mass is 35.5. The predicted octanol–water partition coefficient (Wildman–Crippen LogP) is 1.20. The van der Waals surface area contributed by atoms with Crippen LogP contribution in [0.15, 0.2) is 18.2 Å². The number of benzene rings is 1. The molecular formula is C15H24ClNO5. The molecule has 22 heavy (non-hydrogen) atoms. The Labute approximate surface area is 137 Å². The molecule has 126 valence electrons. The molecule has 0 spiro atoms. The van der Waals surface area contributed by atoms with Crippen molar-refractivity contribution >= 4 is 12.4 Å². The minimum absolute atomic E-state index is 0. The second-order valence-corrected chi connectivity index (χ2v) is 4.87. The maximum Gasteiger partial charge on any atom is 0.203 e. The molecule has 1 N–H and O–H groups in total. The van der Waals surface area contributed by atoms with Crippen molar-refractivity contribution in [2.24, 2.45) is 0 Å². The molecule has 0 aliphatic carbocycles. The SMILES string of the molecule is COc1cccc(OC)c1OCC(O)CN1CCOCC1.Cl. The van der Waals surface area contributed by atoms with Crippen LogP contribution in [0.4, 0.5) is 0 Å². The smallest absolute Gasteiger partial charge is 0.203 e. The molecule has 1 unspecified atom stereocenters. The van der Waals surface area contributed by atoms with E-state index in [1.165, 1.54) is 0 Å². The van der Waals surface area contributed by atoms with Crippen LogP contribution in [-0.2, 0) is 4.74 Å². The molecule has 0 radical (unpaired) electrons. The summed E-state index contributed by atoms with van der Waals surface area (Å²) < 4.78 is 21.5. The van der Waals surface area contributed by atoms with E-state index in [1.54, 1.807) is 26.4 Å². The third kappa shape index (κ3) is 5.21. The van der Waals surface area contributed by atoms with Gasteiger partial charge in [-0.25, -0.2) is 0 Å². The quantitative estimate of drug-likeness (QED) is 0.809. The molecule has 1 aromatic carbocycles. The number of rotatable bonds is 7. The molecule has 1 atom stereocenters. The van der Waals surface area contributed by atoms with E-state index in [2.05, 4.69) is 4.90 Å². The number of β-amino-alcohol motifs (C(OH)–C–C–N with tert-alkyl or cyclic N) is 1. The van der Waals surface area contributed by atoms with Crippen LogP contribution in [0.5, 0.6) is 17.2 Å². The molecule has 1 aromatic rings. The Morgan fingerprint density at radius 2 is 1.77 bits per heavy atom. The van der Waals surface area contributed by atoms with E-state index in [-0.39, 0.29) is 19.0 Å². The van der Waals surface area contributed by atoms with E-state index in [0.29, 0.717) is 37.0 Å². The highest BCUT2D eigenvalue weighted by Gasteiger charge is 2.17. The summed E-state index contributed by atoms with van der Waals surface area (Å²) in [7, 11) is 3.15.